The molecule has 0 saturated carbocycles. The number of carboxylic acids is 1. The average Bonchev–Trinajstić information content (AvgIpc) is 2.78. The van der Waals surface area contributed by atoms with E-state index in [2.05, 4.69) is 5.32 Å². The van der Waals surface area contributed by atoms with Crippen LogP contribution in [0.3, 0.4) is 0 Å². The van der Waals surface area contributed by atoms with Crippen LogP contribution >= 0.6 is 12.2 Å². The molecule has 1 aromatic carbocycles. The Morgan fingerprint density at radius 2 is 1.95 bits per heavy atom. The lowest BCUT2D eigenvalue weighted by atomic mass is 10.1. The van der Waals surface area contributed by atoms with Gasteiger partial charge in [-0.3, -0.25) is 9.59 Å². The van der Waals surface area contributed by atoms with Crippen molar-refractivity contribution >= 4 is 34.9 Å². The number of hydrogen-bond donors (Lipinski definition) is 3. The van der Waals surface area contributed by atoms with Crippen molar-refractivity contribution in [3.63, 3.8) is 0 Å². The molecule has 1 aromatic rings. The van der Waals surface area contributed by atoms with Gasteiger partial charge in [0.15, 0.2) is 5.11 Å². The highest BCUT2D eigenvalue weighted by atomic mass is 32.1. The van der Waals surface area contributed by atoms with Crippen molar-refractivity contribution < 1.29 is 14.7 Å². The average molecular weight is 309 g/mol. The van der Waals surface area contributed by atoms with Crippen LogP contribution in [0.15, 0.2) is 30.3 Å². The molecule has 21 heavy (non-hydrogen) atoms. The number of benzene rings is 1. The lowest BCUT2D eigenvalue weighted by Crippen LogP contribution is -2.34. The molecule has 7 heteroatoms. The van der Waals surface area contributed by atoms with Gasteiger partial charge in [0, 0.05) is 5.69 Å². The number of amides is 1. The van der Waals surface area contributed by atoms with E-state index in [1.165, 1.54) is 0 Å². The number of nitrogens with two attached hydrogens (primary N) is 1. The van der Waals surface area contributed by atoms with Crippen molar-refractivity contribution in [2.45, 2.75) is 19.9 Å². The Balaban J connectivity index is 0.000000240. The zero-order valence-electron chi connectivity index (χ0n) is 11.9. The number of anilines is 1. The molecule has 2 rings (SSSR count). The lowest BCUT2D eigenvalue weighted by molar-refractivity contribution is -0.139. The molecule has 0 radical (unpaired) electrons. The van der Waals surface area contributed by atoms with Crippen molar-refractivity contribution in [3.8, 4) is 0 Å². The van der Waals surface area contributed by atoms with E-state index in [-0.39, 0.29) is 11.8 Å². The SMILES string of the molecule is CC(C)[C@H](N)C(=O)O.O=C1CN(c2ccccc2)C(=S)N1. The minimum Gasteiger partial charge on any atom is -0.480 e. The maximum Gasteiger partial charge on any atom is 0.320 e. The first-order valence-corrected chi connectivity index (χ1v) is 6.88. The molecule has 1 aliphatic rings. The van der Waals surface area contributed by atoms with Gasteiger partial charge >= 0.3 is 5.97 Å². The summed E-state index contributed by atoms with van der Waals surface area (Å²) in [5.74, 6) is -0.957. The molecule has 0 spiro atoms. The summed E-state index contributed by atoms with van der Waals surface area (Å²) in [5, 5.41) is 11.3. The van der Waals surface area contributed by atoms with Gasteiger partial charge in [-0.1, -0.05) is 32.0 Å². The molecular formula is C14H19N3O3S. The summed E-state index contributed by atoms with van der Waals surface area (Å²) in [6.07, 6.45) is 0. The third kappa shape index (κ3) is 5.13. The van der Waals surface area contributed by atoms with Gasteiger partial charge in [-0.25, -0.2) is 0 Å². The normalized spacial score (nSPS) is 15.3. The standard InChI is InChI=1S/C9H8N2OS.C5H11NO2/c12-8-6-11(9(13)10-8)7-4-2-1-3-5-7;1-3(2)4(6)5(7)8/h1-5H,6H2,(H,10,12,13);3-4H,6H2,1-2H3,(H,7,8)/t;4-/m.0/s1. The van der Waals surface area contributed by atoms with Gasteiger partial charge < -0.3 is 21.1 Å². The van der Waals surface area contributed by atoms with Gasteiger partial charge in [-0.2, -0.15) is 0 Å². The fourth-order valence-electron chi connectivity index (χ4n) is 1.54. The van der Waals surface area contributed by atoms with Crippen LogP contribution in [-0.4, -0.2) is 34.7 Å². The molecule has 1 amide bonds. The topological polar surface area (TPSA) is 95.7 Å². The van der Waals surface area contributed by atoms with E-state index in [0.717, 1.165) is 5.69 Å². The number of para-hydroxylation sites is 1. The second-order valence-corrected chi connectivity index (χ2v) is 5.27. The minimum absolute atomic E-state index is 0.0208. The molecule has 1 atom stereocenters. The molecule has 4 N–H and O–H groups in total. The van der Waals surface area contributed by atoms with Crippen LogP contribution in [-0.2, 0) is 9.59 Å². The zero-order chi connectivity index (χ0) is 16.0. The molecule has 6 nitrogen and oxygen atoms in total. The Morgan fingerprint density at radius 3 is 2.29 bits per heavy atom. The predicted molar refractivity (Wildman–Crippen MR) is 85.0 cm³/mol. The summed E-state index contributed by atoms with van der Waals surface area (Å²) >= 11 is 4.99. The second kappa shape index (κ2) is 7.70. The third-order valence-corrected chi connectivity index (χ3v) is 3.19. The van der Waals surface area contributed by atoms with Gasteiger partial charge in [0.2, 0.25) is 5.91 Å². The largest absolute Gasteiger partial charge is 0.480 e. The van der Waals surface area contributed by atoms with E-state index >= 15 is 0 Å². The van der Waals surface area contributed by atoms with E-state index < -0.39 is 12.0 Å². The molecule has 0 bridgehead atoms. The lowest BCUT2D eigenvalue weighted by Gasteiger charge is -2.14. The number of carbonyl (C=O) groups excluding carboxylic acids is 1. The van der Waals surface area contributed by atoms with Gasteiger partial charge in [-0.15, -0.1) is 0 Å². The Morgan fingerprint density at radius 1 is 1.38 bits per heavy atom. The van der Waals surface area contributed by atoms with Crippen LogP contribution < -0.4 is 16.0 Å². The number of aliphatic carboxylic acids is 1. The Hall–Kier alpha value is -1.99. The Labute approximate surface area is 128 Å². The molecule has 0 aromatic heterocycles. The Kier molecular flexibility index (Phi) is 6.26. The summed E-state index contributed by atoms with van der Waals surface area (Å²) in [7, 11) is 0. The fourth-order valence-corrected chi connectivity index (χ4v) is 1.83. The minimum atomic E-state index is -0.931. The quantitative estimate of drug-likeness (QED) is 0.720. The monoisotopic (exact) mass is 309 g/mol. The highest BCUT2D eigenvalue weighted by Crippen LogP contribution is 2.15. The van der Waals surface area contributed by atoms with Crippen LogP contribution in [0.25, 0.3) is 0 Å². The molecule has 1 saturated heterocycles. The van der Waals surface area contributed by atoms with Crippen molar-refractivity contribution in [2.24, 2.45) is 11.7 Å². The van der Waals surface area contributed by atoms with E-state index in [4.69, 9.17) is 23.1 Å². The van der Waals surface area contributed by atoms with E-state index in [9.17, 15) is 9.59 Å². The number of thiocarbonyl (C=S) groups is 1. The summed E-state index contributed by atoms with van der Waals surface area (Å²) in [5.41, 5.74) is 6.11. The molecule has 0 aliphatic carbocycles. The summed E-state index contributed by atoms with van der Waals surface area (Å²) < 4.78 is 0. The number of carbonyl (C=O) groups is 2. The number of carboxylic acid groups (broad SMARTS) is 1. The van der Waals surface area contributed by atoms with E-state index in [1.54, 1.807) is 18.7 Å². The van der Waals surface area contributed by atoms with Gasteiger partial charge in [0.25, 0.3) is 0 Å². The molecule has 1 fully saturated rings. The first-order chi connectivity index (χ1) is 9.82. The highest BCUT2D eigenvalue weighted by Gasteiger charge is 2.23. The molecule has 114 valence electrons. The van der Waals surface area contributed by atoms with Gasteiger partial charge in [0.1, 0.15) is 12.6 Å². The number of nitrogens with zero attached hydrogens (tertiary/aromatic N) is 1. The number of rotatable bonds is 3. The zero-order valence-corrected chi connectivity index (χ0v) is 12.8. The van der Waals surface area contributed by atoms with Crippen LogP contribution in [0.5, 0.6) is 0 Å². The maximum atomic E-state index is 11.0. The van der Waals surface area contributed by atoms with Gasteiger partial charge in [-0.05, 0) is 30.3 Å². The van der Waals surface area contributed by atoms with Crippen molar-refractivity contribution in [3.05, 3.63) is 30.3 Å². The first kappa shape index (κ1) is 17.1. The Bertz CT molecular complexity index is 519. The van der Waals surface area contributed by atoms with Crippen molar-refractivity contribution in [2.75, 3.05) is 11.4 Å². The van der Waals surface area contributed by atoms with Crippen LogP contribution in [0.1, 0.15) is 13.8 Å². The highest BCUT2D eigenvalue weighted by molar-refractivity contribution is 7.80. The molecular weight excluding hydrogens is 290 g/mol. The summed E-state index contributed by atoms with van der Waals surface area (Å²) in [6.45, 7) is 3.88. The number of nitrogens with one attached hydrogen (secondary N) is 1. The van der Waals surface area contributed by atoms with Crippen molar-refractivity contribution in [1.82, 2.24) is 5.32 Å². The molecule has 1 aliphatic heterocycles. The number of hydrogen-bond acceptors (Lipinski definition) is 4. The summed E-state index contributed by atoms with van der Waals surface area (Å²) in [6, 6.07) is 8.90. The first-order valence-electron chi connectivity index (χ1n) is 6.47. The van der Waals surface area contributed by atoms with Crippen LogP contribution in [0, 0.1) is 5.92 Å². The third-order valence-electron chi connectivity index (χ3n) is 2.86. The summed E-state index contributed by atoms with van der Waals surface area (Å²) in [4.78, 5) is 22.8. The maximum absolute atomic E-state index is 11.0. The second-order valence-electron chi connectivity index (χ2n) is 4.88. The predicted octanol–water partition coefficient (Wildman–Crippen LogP) is 0.962. The van der Waals surface area contributed by atoms with Gasteiger partial charge in [0.05, 0.1) is 0 Å². The van der Waals surface area contributed by atoms with Crippen molar-refractivity contribution in [1.29, 1.82) is 0 Å². The molecule has 1 heterocycles. The van der Waals surface area contributed by atoms with Crippen LogP contribution in [0.4, 0.5) is 5.69 Å². The fraction of sp³-hybridized carbons (Fsp3) is 0.357. The smallest absolute Gasteiger partial charge is 0.320 e. The molecule has 0 unspecified atom stereocenters. The van der Waals surface area contributed by atoms with E-state index in [1.807, 2.05) is 30.3 Å². The van der Waals surface area contributed by atoms with E-state index in [0.29, 0.717) is 11.7 Å². The van der Waals surface area contributed by atoms with Crippen LogP contribution in [0.2, 0.25) is 0 Å².